The summed E-state index contributed by atoms with van der Waals surface area (Å²) in [6.45, 7) is 3.02. The highest BCUT2D eigenvalue weighted by atomic mass is 79.9. The van der Waals surface area contributed by atoms with Crippen molar-refractivity contribution in [1.82, 2.24) is 4.98 Å². The summed E-state index contributed by atoms with van der Waals surface area (Å²) in [5, 5.41) is 3.32. The molecule has 3 N–H and O–H groups in total. The molecule has 0 radical (unpaired) electrons. The van der Waals surface area contributed by atoms with E-state index in [4.69, 9.17) is 5.73 Å². The molecule has 2 aromatic rings. The second kappa shape index (κ2) is 5.87. The van der Waals surface area contributed by atoms with Crippen LogP contribution in [0.15, 0.2) is 47.1 Å². The number of hydrogen-bond acceptors (Lipinski definition) is 3. The number of pyridine rings is 1. The first-order valence-corrected chi connectivity index (χ1v) is 6.66. The first-order valence-electron chi connectivity index (χ1n) is 5.86. The number of rotatable bonds is 4. The summed E-state index contributed by atoms with van der Waals surface area (Å²) < 4.78 is 0.891. The van der Waals surface area contributed by atoms with Crippen LogP contribution in [0.4, 0.5) is 11.5 Å². The number of nitrogens with two attached hydrogens (primary N) is 1. The monoisotopic (exact) mass is 305 g/mol. The Balaban J connectivity index is 1.99. The Labute approximate surface area is 116 Å². The molecule has 2 rings (SSSR count). The SMILES string of the molecule is CC(CNc1ncc(N)cc1Br)c1ccccc1. The Morgan fingerprint density at radius 2 is 2.06 bits per heavy atom. The molecule has 0 spiro atoms. The van der Waals surface area contributed by atoms with Crippen molar-refractivity contribution in [3.8, 4) is 0 Å². The highest BCUT2D eigenvalue weighted by Gasteiger charge is 2.07. The molecule has 1 aromatic heterocycles. The second-order valence-electron chi connectivity index (χ2n) is 4.29. The summed E-state index contributed by atoms with van der Waals surface area (Å²) in [5.74, 6) is 1.25. The van der Waals surface area contributed by atoms with Gasteiger partial charge in [-0.3, -0.25) is 0 Å². The fourth-order valence-corrected chi connectivity index (χ4v) is 2.24. The lowest BCUT2D eigenvalue weighted by molar-refractivity contribution is 0.801. The number of nitrogens with one attached hydrogen (secondary N) is 1. The molecule has 0 saturated heterocycles. The summed E-state index contributed by atoms with van der Waals surface area (Å²) in [4.78, 5) is 4.26. The molecular formula is C14H16BrN3. The van der Waals surface area contributed by atoms with E-state index in [9.17, 15) is 0 Å². The van der Waals surface area contributed by atoms with Crippen molar-refractivity contribution >= 4 is 27.4 Å². The molecule has 1 atom stereocenters. The van der Waals surface area contributed by atoms with Crippen molar-refractivity contribution in [1.29, 1.82) is 0 Å². The third kappa shape index (κ3) is 3.23. The van der Waals surface area contributed by atoms with E-state index in [0.717, 1.165) is 16.8 Å². The summed E-state index contributed by atoms with van der Waals surface area (Å²) >= 11 is 3.45. The number of hydrogen-bond donors (Lipinski definition) is 2. The summed E-state index contributed by atoms with van der Waals surface area (Å²) in [6.07, 6.45) is 1.65. The van der Waals surface area contributed by atoms with Crippen molar-refractivity contribution < 1.29 is 0 Å². The van der Waals surface area contributed by atoms with E-state index < -0.39 is 0 Å². The Kier molecular flexibility index (Phi) is 4.20. The van der Waals surface area contributed by atoms with Gasteiger partial charge in [-0.25, -0.2) is 4.98 Å². The Morgan fingerprint density at radius 3 is 2.72 bits per heavy atom. The van der Waals surface area contributed by atoms with E-state index in [1.54, 1.807) is 6.20 Å². The topological polar surface area (TPSA) is 50.9 Å². The number of halogens is 1. The minimum Gasteiger partial charge on any atom is -0.397 e. The van der Waals surface area contributed by atoms with Crippen LogP contribution in [-0.4, -0.2) is 11.5 Å². The predicted molar refractivity (Wildman–Crippen MR) is 79.7 cm³/mol. The van der Waals surface area contributed by atoms with Gasteiger partial charge in [0.05, 0.1) is 16.4 Å². The van der Waals surface area contributed by atoms with E-state index >= 15 is 0 Å². The molecule has 0 saturated carbocycles. The normalized spacial score (nSPS) is 12.1. The first kappa shape index (κ1) is 12.9. The zero-order valence-electron chi connectivity index (χ0n) is 10.2. The lowest BCUT2D eigenvalue weighted by atomic mass is 10.0. The predicted octanol–water partition coefficient (Wildman–Crippen LogP) is 3.64. The van der Waals surface area contributed by atoms with E-state index in [-0.39, 0.29) is 0 Å². The van der Waals surface area contributed by atoms with Gasteiger partial charge >= 0.3 is 0 Å². The van der Waals surface area contributed by atoms with Crippen molar-refractivity contribution in [3.63, 3.8) is 0 Å². The maximum atomic E-state index is 5.65. The molecule has 18 heavy (non-hydrogen) atoms. The largest absolute Gasteiger partial charge is 0.397 e. The third-order valence-corrected chi connectivity index (χ3v) is 3.41. The Hall–Kier alpha value is -1.55. The molecule has 3 nitrogen and oxygen atoms in total. The third-order valence-electron chi connectivity index (χ3n) is 2.81. The van der Waals surface area contributed by atoms with Gasteiger partial charge in [-0.05, 0) is 33.5 Å². The van der Waals surface area contributed by atoms with E-state index in [1.165, 1.54) is 5.56 Å². The van der Waals surface area contributed by atoms with Crippen LogP contribution in [0, 0.1) is 0 Å². The smallest absolute Gasteiger partial charge is 0.140 e. The lowest BCUT2D eigenvalue weighted by Crippen LogP contribution is -2.11. The quantitative estimate of drug-likeness (QED) is 0.906. The summed E-state index contributed by atoms with van der Waals surface area (Å²) in [6, 6.07) is 12.3. The van der Waals surface area contributed by atoms with Crippen LogP contribution in [0.1, 0.15) is 18.4 Å². The van der Waals surface area contributed by atoms with Crippen LogP contribution in [0.3, 0.4) is 0 Å². The molecule has 0 bridgehead atoms. The molecule has 1 unspecified atom stereocenters. The molecule has 0 fully saturated rings. The molecule has 0 aliphatic carbocycles. The highest BCUT2D eigenvalue weighted by molar-refractivity contribution is 9.10. The zero-order chi connectivity index (χ0) is 13.0. The molecule has 1 aromatic carbocycles. The first-order chi connectivity index (χ1) is 8.66. The number of benzene rings is 1. The van der Waals surface area contributed by atoms with Crippen LogP contribution in [0.25, 0.3) is 0 Å². The van der Waals surface area contributed by atoms with E-state index in [0.29, 0.717) is 11.6 Å². The zero-order valence-corrected chi connectivity index (χ0v) is 11.8. The fraction of sp³-hybridized carbons (Fsp3) is 0.214. The van der Waals surface area contributed by atoms with Crippen LogP contribution < -0.4 is 11.1 Å². The van der Waals surface area contributed by atoms with Gasteiger partial charge in [-0.1, -0.05) is 37.3 Å². The minimum absolute atomic E-state index is 0.428. The van der Waals surface area contributed by atoms with Gasteiger partial charge in [0, 0.05) is 6.54 Å². The molecule has 94 valence electrons. The molecule has 0 aliphatic heterocycles. The number of aromatic nitrogens is 1. The molecule has 4 heteroatoms. The molecule has 0 amide bonds. The maximum absolute atomic E-state index is 5.65. The van der Waals surface area contributed by atoms with Crippen LogP contribution >= 0.6 is 15.9 Å². The average Bonchev–Trinajstić information content (AvgIpc) is 2.38. The van der Waals surface area contributed by atoms with Crippen LogP contribution in [0.5, 0.6) is 0 Å². The number of nitrogen functional groups attached to an aromatic ring is 1. The van der Waals surface area contributed by atoms with E-state index in [1.807, 2.05) is 12.1 Å². The Bertz CT molecular complexity index is 514. The van der Waals surface area contributed by atoms with Gasteiger partial charge in [0.2, 0.25) is 0 Å². The van der Waals surface area contributed by atoms with Crippen molar-refractivity contribution in [3.05, 3.63) is 52.6 Å². The van der Waals surface area contributed by atoms with Gasteiger partial charge in [0.25, 0.3) is 0 Å². The van der Waals surface area contributed by atoms with Gasteiger partial charge < -0.3 is 11.1 Å². The minimum atomic E-state index is 0.428. The summed E-state index contributed by atoms with van der Waals surface area (Å²) in [5.41, 5.74) is 7.63. The number of nitrogens with zero attached hydrogens (tertiary/aromatic N) is 1. The Morgan fingerprint density at radius 1 is 1.33 bits per heavy atom. The molecule has 1 heterocycles. The standard InChI is InChI=1S/C14H16BrN3/c1-10(11-5-3-2-4-6-11)8-17-14-13(15)7-12(16)9-18-14/h2-7,9-10H,8,16H2,1H3,(H,17,18). The van der Waals surface area contributed by atoms with Gasteiger partial charge in [-0.15, -0.1) is 0 Å². The van der Waals surface area contributed by atoms with Gasteiger partial charge in [-0.2, -0.15) is 0 Å². The van der Waals surface area contributed by atoms with Gasteiger partial charge in [0.1, 0.15) is 5.82 Å². The second-order valence-corrected chi connectivity index (χ2v) is 5.15. The van der Waals surface area contributed by atoms with Gasteiger partial charge in [0.15, 0.2) is 0 Å². The van der Waals surface area contributed by atoms with Crippen LogP contribution in [-0.2, 0) is 0 Å². The van der Waals surface area contributed by atoms with E-state index in [2.05, 4.69) is 57.4 Å². The summed E-state index contributed by atoms with van der Waals surface area (Å²) in [7, 11) is 0. The van der Waals surface area contributed by atoms with Crippen molar-refractivity contribution in [2.24, 2.45) is 0 Å². The molecule has 0 aliphatic rings. The molecular weight excluding hydrogens is 290 g/mol. The lowest BCUT2D eigenvalue weighted by Gasteiger charge is -2.14. The fourth-order valence-electron chi connectivity index (χ4n) is 1.73. The maximum Gasteiger partial charge on any atom is 0.140 e. The number of anilines is 2. The highest BCUT2D eigenvalue weighted by Crippen LogP contribution is 2.23. The van der Waals surface area contributed by atoms with Crippen LogP contribution in [0.2, 0.25) is 0 Å². The average molecular weight is 306 g/mol. The van der Waals surface area contributed by atoms with Crippen molar-refractivity contribution in [2.45, 2.75) is 12.8 Å². The van der Waals surface area contributed by atoms with Crippen molar-refractivity contribution in [2.75, 3.05) is 17.6 Å².